The SMILES string of the molecule is Cc1nn(CCCCl)c(C)c1S(=O)(=O)N(C)C1CCCC1. The maximum atomic E-state index is 12.9. The highest BCUT2D eigenvalue weighted by Crippen LogP contribution is 2.29. The predicted molar refractivity (Wildman–Crippen MR) is 84.2 cm³/mol. The van der Waals surface area contributed by atoms with Crippen molar-refractivity contribution in [2.75, 3.05) is 12.9 Å². The van der Waals surface area contributed by atoms with Gasteiger partial charge in [0.1, 0.15) is 4.90 Å². The Morgan fingerprint density at radius 3 is 2.52 bits per heavy atom. The molecule has 7 heteroatoms. The maximum Gasteiger partial charge on any atom is 0.246 e. The molecule has 1 fully saturated rings. The second kappa shape index (κ2) is 6.67. The molecule has 1 saturated carbocycles. The summed E-state index contributed by atoms with van der Waals surface area (Å²) in [5.41, 5.74) is 1.29. The fraction of sp³-hybridized carbons (Fsp3) is 0.786. The van der Waals surface area contributed by atoms with Crippen LogP contribution in [0.3, 0.4) is 0 Å². The summed E-state index contributed by atoms with van der Waals surface area (Å²) in [6, 6.07) is 0.125. The zero-order valence-corrected chi connectivity index (χ0v) is 14.5. The van der Waals surface area contributed by atoms with Crippen LogP contribution in [0, 0.1) is 13.8 Å². The quantitative estimate of drug-likeness (QED) is 0.752. The Kier molecular flexibility index (Phi) is 5.33. The molecule has 0 unspecified atom stereocenters. The third-order valence-corrected chi connectivity index (χ3v) is 6.73. The first-order valence-corrected chi connectivity index (χ1v) is 9.45. The van der Waals surface area contributed by atoms with E-state index >= 15 is 0 Å². The Labute approximate surface area is 132 Å². The van der Waals surface area contributed by atoms with Gasteiger partial charge < -0.3 is 0 Å². The topological polar surface area (TPSA) is 55.2 Å². The Morgan fingerprint density at radius 1 is 1.33 bits per heavy atom. The number of nitrogens with zero attached hydrogens (tertiary/aromatic N) is 3. The minimum atomic E-state index is -3.47. The van der Waals surface area contributed by atoms with E-state index in [1.807, 2.05) is 6.92 Å². The van der Waals surface area contributed by atoms with E-state index in [9.17, 15) is 8.42 Å². The molecule has 2 rings (SSSR count). The summed E-state index contributed by atoms with van der Waals surface area (Å²) in [5, 5.41) is 4.38. The van der Waals surface area contributed by atoms with Crippen LogP contribution in [0.1, 0.15) is 43.5 Å². The summed E-state index contributed by atoms with van der Waals surface area (Å²) in [6.07, 6.45) is 4.90. The highest BCUT2D eigenvalue weighted by atomic mass is 35.5. The molecule has 120 valence electrons. The molecule has 0 atom stereocenters. The number of halogens is 1. The predicted octanol–water partition coefficient (Wildman–Crippen LogP) is 2.69. The normalized spacial score (nSPS) is 17.0. The molecule has 0 bridgehead atoms. The third-order valence-electron chi connectivity index (χ3n) is 4.29. The van der Waals surface area contributed by atoms with Gasteiger partial charge in [0.25, 0.3) is 0 Å². The molecule has 1 aromatic rings. The van der Waals surface area contributed by atoms with E-state index in [0.29, 0.717) is 28.7 Å². The fourth-order valence-corrected chi connectivity index (χ4v) is 4.99. The first-order valence-electron chi connectivity index (χ1n) is 7.47. The highest BCUT2D eigenvalue weighted by Gasteiger charge is 2.34. The smallest absolute Gasteiger partial charge is 0.246 e. The third kappa shape index (κ3) is 3.27. The van der Waals surface area contributed by atoms with Crippen molar-refractivity contribution in [3.8, 4) is 0 Å². The van der Waals surface area contributed by atoms with E-state index in [4.69, 9.17) is 11.6 Å². The highest BCUT2D eigenvalue weighted by molar-refractivity contribution is 7.89. The van der Waals surface area contributed by atoms with Crippen molar-refractivity contribution in [2.45, 2.75) is 63.4 Å². The number of sulfonamides is 1. The number of aromatic nitrogens is 2. The minimum Gasteiger partial charge on any atom is -0.268 e. The molecule has 1 aliphatic rings. The fourth-order valence-electron chi connectivity index (χ4n) is 3.09. The van der Waals surface area contributed by atoms with Gasteiger partial charge in [-0.15, -0.1) is 11.6 Å². The lowest BCUT2D eigenvalue weighted by molar-refractivity contribution is 0.372. The Morgan fingerprint density at radius 2 is 1.95 bits per heavy atom. The molecule has 1 aromatic heterocycles. The average molecular weight is 334 g/mol. The number of aryl methyl sites for hydroxylation is 2. The summed E-state index contributed by atoms with van der Waals surface area (Å²) in [4.78, 5) is 0.367. The van der Waals surface area contributed by atoms with Gasteiger partial charge in [-0.25, -0.2) is 8.42 Å². The van der Waals surface area contributed by atoms with Crippen LogP contribution in [0.5, 0.6) is 0 Å². The molecule has 0 aromatic carbocycles. The summed E-state index contributed by atoms with van der Waals surface area (Å²) in [7, 11) is -1.78. The lowest BCUT2D eigenvalue weighted by Gasteiger charge is -2.23. The monoisotopic (exact) mass is 333 g/mol. The van der Waals surface area contributed by atoms with Crippen molar-refractivity contribution in [3.63, 3.8) is 0 Å². The molecular formula is C14H24ClN3O2S. The largest absolute Gasteiger partial charge is 0.268 e. The van der Waals surface area contributed by atoms with Crippen molar-refractivity contribution in [2.24, 2.45) is 0 Å². The van der Waals surface area contributed by atoms with Crippen molar-refractivity contribution in [3.05, 3.63) is 11.4 Å². The van der Waals surface area contributed by atoms with E-state index in [0.717, 1.165) is 32.1 Å². The van der Waals surface area contributed by atoms with Crippen LogP contribution in [0.4, 0.5) is 0 Å². The number of rotatable bonds is 6. The van der Waals surface area contributed by atoms with Crippen molar-refractivity contribution in [1.82, 2.24) is 14.1 Å². The van der Waals surface area contributed by atoms with Crippen LogP contribution in [0.25, 0.3) is 0 Å². The molecule has 0 saturated heterocycles. The van der Waals surface area contributed by atoms with Gasteiger partial charge in [-0.2, -0.15) is 9.40 Å². The zero-order valence-electron chi connectivity index (χ0n) is 13.0. The van der Waals surface area contributed by atoms with Gasteiger partial charge in [0.2, 0.25) is 10.0 Å². The van der Waals surface area contributed by atoms with Crippen molar-refractivity contribution >= 4 is 21.6 Å². The first kappa shape index (κ1) is 16.8. The number of hydrogen-bond acceptors (Lipinski definition) is 3. The molecule has 0 radical (unpaired) electrons. The molecule has 0 amide bonds. The van der Waals surface area contributed by atoms with Gasteiger partial charge in [-0.1, -0.05) is 12.8 Å². The summed E-state index contributed by atoms with van der Waals surface area (Å²) in [6.45, 7) is 4.24. The summed E-state index contributed by atoms with van der Waals surface area (Å²) in [5.74, 6) is 0.544. The van der Waals surface area contributed by atoms with Crippen LogP contribution in [-0.4, -0.2) is 41.5 Å². The molecular weight excluding hydrogens is 310 g/mol. The molecule has 1 heterocycles. The van der Waals surface area contributed by atoms with Gasteiger partial charge in [0.15, 0.2) is 0 Å². The molecule has 0 N–H and O–H groups in total. The van der Waals surface area contributed by atoms with Crippen LogP contribution in [-0.2, 0) is 16.6 Å². The van der Waals surface area contributed by atoms with Crippen LogP contribution in [0.2, 0.25) is 0 Å². The van der Waals surface area contributed by atoms with Crippen molar-refractivity contribution in [1.29, 1.82) is 0 Å². The average Bonchev–Trinajstić information content (AvgIpc) is 3.04. The molecule has 21 heavy (non-hydrogen) atoms. The second-order valence-electron chi connectivity index (χ2n) is 5.73. The van der Waals surface area contributed by atoms with Gasteiger partial charge in [-0.05, 0) is 33.1 Å². The van der Waals surface area contributed by atoms with Gasteiger partial charge in [0.05, 0.1) is 11.4 Å². The molecule has 5 nitrogen and oxygen atoms in total. The molecule has 1 aliphatic carbocycles. The standard InChI is InChI=1S/C14H24ClN3O2S/c1-11-14(12(2)18(16-11)10-6-9-15)21(19,20)17(3)13-7-4-5-8-13/h13H,4-10H2,1-3H3. The minimum absolute atomic E-state index is 0.125. The van der Waals surface area contributed by atoms with Gasteiger partial charge in [-0.3, -0.25) is 4.68 Å². The van der Waals surface area contributed by atoms with Crippen molar-refractivity contribution < 1.29 is 8.42 Å². The van der Waals surface area contributed by atoms with E-state index in [2.05, 4.69) is 5.10 Å². The Hall–Kier alpha value is -0.590. The first-order chi connectivity index (χ1) is 9.89. The number of hydrogen-bond donors (Lipinski definition) is 0. The van der Waals surface area contributed by atoms with E-state index < -0.39 is 10.0 Å². The molecule has 0 aliphatic heterocycles. The number of alkyl halides is 1. The molecule has 0 spiro atoms. The second-order valence-corrected chi connectivity index (χ2v) is 8.04. The van der Waals surface area contributed by atoms with E-state index in [1.165, 1.54) is 0 Å². The van der Waals surface area contributed by atoms with Crippen LogP contribution >= 0.6 is 11.6 Å². The summed E-state index contributed by atoms with van der Waals surface area (Å²) < 4.78 is 29.1. The zero-order chi connectivity index (χ0) is 15.6. The van der Waals surface area contributed by atoms with Gasteiger partial charge >= 0.3 is 0 Å². The van der Waals surface area contributed by atoms with Crippen LogP contribution < -0.4 is 0 Å². The lowest BCUT2D eigenvalue weighted by Crippen LogP contribution is -2.35. The Balaban J connectivity index is 2.33. The van der Waals surface area contributed by atoms with E-state index in [1.54, 1.807) is 23.0 Å². The van der Waals surface area contributed by atoms with Crippen LogP contribution in [0.15, 0.2) is 4.90 Å². The Bertz CT molecular complexity index is 592. The summed E-state index contributed by atoms with van der Waals surface area (Å²) >= 11 is 5.71. The lowest BCUT2D eigenvalue weighted by atomic mass is 10.3. The van der Waals surface area contributed by atoms with Gasteiger partial charge in [0, 0.05) is 25.5 Å². The van der Waals surface area contributed by atoms with E-state index in [-0.39, 0.29) is 6.04 Å². The maximum absolute atomic E-state index is 12.9.